The Bertz CT molecular complexity index is 857. The molecule has 1 aromatic carbocycles. The first kappa shape index (κ1) is 22.8. The molecule has 1 fully saturated rings. The Morgan fingerprint density at radius 1 is 0.969 bits per heavy atom. The van der Waals surface area contributed by atoms with E-state index in [4.69, 9.17) is 18.7 Å². The minimum atomic E-state index is 0.682. The van der Waals surface area contributed by atoms with Crippen LogP contribution in [0.25, 0.3) is 0 Å². The van der Waals surface area contributed by atoms with Crippen molar-refractivity contribution in [2.24, 2.45) is 4.99 Å². The summed E-state index contributed by atoms with van der Waals surface area (Å²) in [6.45, 7) is 8.77. The SMILES string of the molecule is Cc1noc(CCCCCCCOc2ccc(C3=NCCO3)cc2)c1CN1CCOCC1. The zero-order chi connectivity index (χ0) is 22.0. The van der Waals surface area contributed by atoms with Crippen LogP contribution in [0.5, 0.6) is 5.75 Å². The van der Waals surface area contributed by atoms with E-state index >= 15 is 0 Å². The van der Waals surface area contributed by atoms with E-state index in [0.717, 1.165) is 93.9 Å². The van der Waals surface area contributed by atoms with Crippen LogP contribution in [0.3, 0.4) is 0 Å². The highest BCUT2D eigenvalue weighted by molar-refractivity contribution is 5.94. The van der Waals surface area contributed by atoms with E-state index in [0.29, 0.717) is 6.61 Å². The molecule has 1 aromatic heterocycles. The van der Waals surface area contributed by atoms with Gasteiger partial charge in [0.1, 0.15) is 18.1 Å². The molecule has 0 atom stereocenters. The third-order valence-corrected chi connectivity index (χ3v) is 6.06. The number of morpholine rings is 1. The van der Waals surface area contributed by atoms with E-state index in [-0.39, 0.29) is 0 Å². The monoisotopic (exact) mass is 441 g/mol. The average molecular weight is 442 g/mol. The Labute approximate surface area is 190 Å². The molecule has 2 aliphatic rings. The van der Waals surface area contributed by atoms with Crippen molar-refractivity contribution in [3.8, 4) is 5.75 Å². The largest absolute Gasteiger partial charge is 0.494 e. The number of hydrogen-bond donors (Lipinski definition) is 0. The van der Waals surface area contributed by atoms with E-state index in [1.165, 1.54) is 24.8 Å². The third-order valence-electron chi connectivity index (χ3n) is 6.06. The molecule has 2 aromatic rings. The molecule has 3 heterocycles. The number of ether oxygens (including phenoxy) is 3. The number of unbranched alkanes of at least 4 members (excludes halogenated alkanes) is 4. The van der Waals surface area contributed by atoms with Gasteiger partial charge in [0.25, 0.3) is 0 Å². The molecule has 0 unspecified atom stereocenters. The molecular weight excluding hydrogens is 406 g/mol. The van der Waals surface area contributed by atoms with Crippen molar-refractivity contribution < 1.29 is 18.7 Å². The second-order valence-corrected chi connectivity index (χ2v) is 8.48. The van der Waals surface area contributed by atoms with Crippen molar-refractivity contribution in [2.75, 3.05) is 46.1 Å². The summed E-state index contributed by atoms with van der Waals surface area (Å²) in [7, 11) is 0. The fourth-order valence-corrected chi connectivity index (χ4v) is 4.13. The van der Waals surface area contributed by atoms with Gasteiger partial charge in [-0.1, -0.05) is 24.4 Å². The van der Waals surface area contributed by atoms with Crippen molar-refractivity contribution >= 4 is 5.90 Å². The summed E-state index contributed by atoms with van der Waals surface area (Å²) in [6, 6.07) is 8.01. The lowest BCUT2D eigenvalue weighted by molar-refractivity contribution is 0.0339. The first-order valence-electron chi connectivity index (χ1n) is 11.9. The summed E-state index contributed by atoms with van der Waals surface area (Å²) in [6.07, 6.45) is 6.77. The van der Waals surface area contributed by atoms with E-state index < -0.39 is 0 Å². The molecule has 0 spiro atoms. The van der Waals surface area contributed by atoms with Gasteiger partial charge < -0.3 is 18.7 Å². The maximum atomic E-state index is 5.87. The molecule has 0 radical (unpaired) electrons. The number of aromatic nitrogens is 1. The molecule has 2 aliphatic heterocycles. The van der Waals surface area contributed by atoms with Gasteiger partial charge in [-0.25, -0.2) is 4.99 Å². The van der Waals surface area contributed by atoms with Crippen molar-refractivity contribution in [1.29, 1.82) is 0 Å². The highest BCUT2D eigenvalue weighted by Gasteiger charge is 2.18. The van der Waals surface area contributed by atoms with Crippen LogP contribution >= 0.6 is 0 Å². The van der Waals surface area contributed by atoms with Crippen LogP contribution in [0.4, 0.5) is 0 Å². The van der Waals surface area contributed by atoms with Gasteiger partial charge in [0.2, 0.25) is 5.90 Å². The lowest BCUT2D eigenvalue weighted by Gasteiger charge is -2.26. The zero-order valence-electron chi connectivity index (χ0n) is 19.2. The van der Waals surface area contributed by atoms with Crippen molar-refractivity contribution in [3.05, 3.63) is 46.8 Å². The van der Waals surface area contributed by atoms with E-state index in [1.54, 1.807) is 0 Å². The summed E-state index contributed by atoms with van der Waals surface area (Å²) in [5.74, 6) is 2.71. The average Bonchev–Trinajstić information content (AvgIpc) is 3.48. The summed E-state index contributed by atoms with van der Waals surface area (Å²) < 4.78 is 22.4. The van der Waals surface area contributed by atoms with E-state index in [9.17, 15) is 0 Å². The topological polar surface area (TPSA) is 69.3 Å². The fraction of sp³-hybridized carbons (Fsp3) is 0.600. The highest BCUT2D eigenvalue weighted by atomic mass is 16.5. The molecule has 0 saturated carbocycles. The zero-order valence-corrected chi connectivity index (χ0v) is 19.2. The Hall–Kier alpha value is -2.38. The Morgan fingerprint density at radius 3 is 2.53 bits per heavy atom. The predicted octanol–water partition coefficient (Wildman–Crippen LogP) is 4.16. The molecule has 7 nitrogen and oxygen atoms in total. The molecule has 7 heteroatoms. The number of nitrogens with zero attached hydrogens (tertiary/aromatic N) is 3. The van der Waals surface area contributed by atoms with Crippen LogP contribution in [0, 0.1) is 6.92 Å². The molecule has 32 heavy (non-hydrogen) atoms. The Morgan fingerprint density at radius 2 is 1.75 bits per heavy atom. The summed E-state index contributed by atoms with van der Waals surface area (Å²) in [5, 5.41) is 4.22. The fourth-order valence-electron chi connectivity index (χ4n) is 4.13. The molecule has 0 amide bonds. The van der Waals surface area contributed by atoms with Crippen molar-refractivity contribution in [3.63, 3.8) is 0 Å². The van der Waals surface area contributed by atoms with Gasteiger partial charge in [0.15, 0.2) is 0 Å². The van der Waals surface area contributed by atoms with Gasteiger partial charge in [0, 0.05) is 37.2 Å². The third kappa shape index (κ3) is 6.56. The quantitative estimate of drug-likeness (QED) is 0.461. The number of hydrogen-bond acceptors (Lipinski definition) is 7. The van der Waals surface area contributed by atoms with Crippen LogP contribution in [0.2, 0.25) is 0 Å². The van der Waals surface area contributed by atoms with Crippen LogP contribution in [-0.2, 0) is 22.4 Å². The maximum absolute atomic E-state index is 5.87. The van der Waals surface area contributed by atoms with Crippen LogP contribution in [0.1, 0.15) is 54.7 Å². The molecule has 4 rings (SSSR count). The highest BCUT2D eigenvalue weighted by Crippen LogP contribution is 2.20. The molecule has 1 saturated heterocycles. The molecule has 0 aliphatic carbocycles. The lowest BCUT2D eigenvalue weighted by Crippen LogP contribution is -2.35. The van der Waals surface area contributed by atoms with Gasteiger partial charge >= 0.3 is 0 Å². The summed E-state index contributed by atoms with van der Waals surface area (Å²) in [4.78, 5) is 6.76. The Balaban J connectivity index is 1.08. The second kappa shape index (κ2) is 12.0. The maximum Gasteiger partial charge on any atom is 0.216 e. The molecule has 174 valence electrons. The van der Waals surface area contributed by atoms with Gasteiger partial charge in [-0.2, -0.15) is 0 Å². The normalized spacial score (nSPS) is 16.7. The minimum absolute atomic E-state index is 0.682. The van der Waals surface area contributed by atoms with Crippen molar-refractivity contribution in [1.82, 2.24) is 10.1 Å². The molecule has 0 N–H and O–H groups in total. The van der Waals surface area contributed by atoms with Crippen LogP contribution in [0.15, 0.2) is 33.8 Å². The number of rotatable bonds is 12. The van der Waals surface area contributed by atoms with Gasteiger partial charge in [-0.05, 0) is 44.0 Å². The Kier molecular flexibility index (Phi) is 8.56. The van der Waals surface area contributed by atoms with Gasteiger partial charge in [-0.15, -0.1) is 0 Å². The van der Waals surface area contributed by atoms with Crippen LogP contribution in [-0.4, -0.2) is 62.0 Å². The first-order valence-corrected chi connectivity index (χ1v) is 11.9. The minimum Gasteiger partial charge on any atom is -0.494 e. The molecule has 0 bridgehead atoms. The van der Waals surface area contributed by atoms with E-state index in [1.807, 2.05) is 31.2 Å². The number of benzene rings is 1. The number of aliphatic imine (C=N–C) groups is 1. The number of aryl methyl sites for hydroxylation is 2. The standard InChI is InChI=1S/C25H35N3O4/c1-20-23(19-28-13-17-29-18-14-28)24(32-27-20)7-5-3-2-4-6-15-30-22-10-8-21(9-11-22)25-26-12-16-31-25/h8-11H,2-7,12-19H2,1H3. The smallest absolute Gasteiger partial charge is 0.216 e. The summed E-state index contributed by atoms with van der Waals surface area (Å²) in [5.41, 5.74) is 3.32. The van der Waals surface area contributed by atoms with Gasteiger partial charge in [-0.3, -0.25) is 4.90 Å². The van der Waals surface area contributed by atoms with Gasteiger partial charge in [0.05, 0.1) is 32.1 Å². The van der Waals surface area contributed by atoms with Crippen LogP contribution < -0.4 is 4.74 Å². The second-order valence-electron chi connectivity index (χ2n) is 8.48. The van der Waals surface area contributed by atoms with E-state index in [2.05, 4.69) is 15.0 Å². The molecular formula is C25H35N3O4. The lowest BCUT2D eigenvalue weighted by atomic mass is 10.1. The first-order chi connectivity index (χ1) is 15.8. The summed E-state index contributed by atoms with van der Waals surface area (Å²) >= 11 is 0. The van der Waals surface area contributed by atoms with Crippen molar-refractivity contribution in [2.45, 2.75) is 52.0 Å². The predicted molar refractivity (Wildman–Crippen MR) is 123 cm³/mol.